The molecule has 0 atom stereocenters. The van der Waals surface area contributed by atoms with Crippen LogP contribution in [-0.2, 0) is 0 Å². The van der Waals surface area contributed by atoms with Gasteiger partial charge in [0.15, 0.2) is 0 Å². The Morgan fingerprint density at radius 1 is 1.21 bits per heavy atom. The fourth-order valence-corrected chi connectivity index (χ4v) is 2.07. The molecule has 0 unspecified atom stereocenters. The summed E-state index contributed by atoms with van der Waals surface area (Å²) in [4.78, 5) is 2.16. The van der Waals surface area contributed by atoms with Crippen molar-refractivity contribution in [1.29, 1.82) is 0 Å². The van der Waals surface area contributed by atoms with E-state index in [9.17, 15) is 0 Å². The molecule has 0 aliphatic heterocycles. The average molecular weight is 301 g/mol. The lowest BCUT2D eigenvalue weighted by Gasteiger charge is -2.16. The summed E-state index contributed by atoms with van der Waals surface area (Å²) in [5, 5.41) is 0. The van der Waals surface area contributed by atoms with Gasteiger partial charge in [0.2, 0.25) is 0 Å². The molecule has 0 saturated carbocycles. The van der Waals surface area contributed by atoms with E-state index >= 15 is 0 Å². The van der Waals surface area contributed by atoms with E-state index in [0.29, 0.717) is 0 Å². The van der Waals surface area contributed by atoms with Crippen molar-refractivity contribution in [2.45, 2.75) is 13.3 Å². The van der Waals surface area contributed by atoms with Crippen LogP contribution in [0.1, 0.15) is 18.9 Å². The molecule has 0 aliphatic carbocycles. The third-order valence-corrected chi connectivity index (χ3v) is 3.73. The Morgan fingerprint density at radius 2 is 1.79 bits per heavy atom. The van der Waals surface area contributed by atoms with E-state index in [-0.39, 0.29) is 0 Å². The first kappa shape index (κ1) is 11.6. The predicted octanol–water partition coefficient (Wildman–Crippen LogP) is 3.76. The molecule has 0 bridgehead atoms. The molecular weight excluding hydrogens is 285 g/mol. The van der Waals surface area contributed by atoms with Crippen LogP contribution in [0.5, 0.6) is 0 Å². The summed E-state index contributed by atoms with van der Waals surface area (Å²) in [7, 11) is 4.17. The van der Waals surface area contributed by atoms with Gasteiger partial charge in [-0.25, -0.2) is 0 Å². The minimum absolute atomic E-state index is 1.07. The molecule has 14 heavy (non-hydrogen) atoms. The molecule has 1 aromatic rings. The standard InChI is InChI=1S/C12H16IN/c1-4-11(12(13)14(2)3)10-8-6-5-7-9-10/h5-9H,4H2,1-3H3/b12-11+. The molecule has 0 aliphatic rings. The fraction of sp³-hybridized carbons (Fsp3) is 0.333. The molecule has 0 heterocycles. The Bertz CT molecular complexity index is 314. The largest absolute Gasteiger partial charge is 0.373 e. The van der Waals surface area contributed by atoms with E-state index in [1.54, 1.807) is 0 Å². The van der Waals surface area contributed by atoms with E-state index in [1.165, 1.54) is 14.8 Å². The van der Waals surface area contributed by atoms with Gasteiger partial charge in [0, 0.05) is 14.1 Å². The van der Waals surface area contributed by atoms with Gasteiger partial charge in [-0.2, -0.15) is 0 Å². The highest BCUT2D eigenvalue weighted by molar-refractivity contribution is 14.1. The Kier molecular flexibility index (Phi) is 4.45. The van der Waals surface area contributed by atoms with Gasteiger partial charge in [0.25, 0.3) is 0 Å². The summed E-state index contributed by atoms with van der Waals surface area (Å²) in [5.74, 6) is 0. The monoisotopic (exact) mass is 301 g/mol. The van der Waals surface area contributed by atoms with Gasteiger partial charge in [0.1, 0.15) is 0 Å². The summed E-state index contributed by atoms with van der Waals surface area (Å²) in [6, 6.07) is 10.6. The number of rotatable bonds is 3. The number of allylic oxidation sites excluding steroid dienone is 1. The lowest BCUT2D eigenvalue weighted by molar-refractivity contribution is 0.558. The lowest BCUT2D eigenvalue weighted by Crippen LogP contribution is -2.08. The molecule has 0 spiro atoms. The SMILES string of the molecule is CC/C(=C(/I)N(C)C)c1ccccc1. The molecule has 2 heteroatoms. The molecule has 0 aromatic heterocycles. The Hall–Kier alpha value is -0.510. The van der Waals surface area contributed by atoms with Crippen molar-refractivity contribution in [2.24, 2.45) is 0 Å². The summed E-state index contributed by atoms with van der Waals surface area (Å²) < 4.78 is 1.32. The fourth-order valence-electron chi connectivity index (χ4n) is 1.38. The number of halogens is 1. The minimum Gasteiger partial charge on any atom is -0.373 e. The van der Waals surface area contributed by atoms with Gasteiger partial charge in [-0.15, -0.1) is 0 Å². The van der Waals surface area contributed by atoms with Crippen LogP contribution in [0, 0.1) is 0 Å². The molecular formula is C12H16IN. The predicted molar refractivity (Wildman–Crippen MR) is 71.4 cm³/mol. The Labute approximate surface area is 100.0 Å². The van der Waals surface area contributed by atoms with Crippen molar-refractivity contribution >= 4 is 28.2 Å². The average Bonchev–Trinajstić information content (AvgIpc) is 2.20. The van der Waals surface area contributed by atoms with Crippen LogP contribution in [0.3, 0.4) is 0 Å². The Morgan fingerprint density at radius 3 is 2.21 bits per heavy atom. The van der Waals surface area contributed by atoms with Gasteiger partial charge in [-0.1, -0.05) is 37.3 Å². The van der Waals surface area contributed by atoms with E-state index in [1.807, 2.05) is 0 Å². The van der Waals surface area contributed by atoms with Crippen molar-refractivity contribution in [3.05, 3.63) is 39.6 Å². The van der Waals surface area contributed by atoms with Gasteiger partial charge < -0.3 is 4.90 Å². The van der Waals surface area contributed by atoms with Gasteiger partial charge in [-0.3, -0.25) is 0 Å². The second-order valence-corrected chi connectivity index (χ2v) is 4.41. The molecule has 1 nitrogen and oxygen atoms in total. The first-order chi connectivity index (χ1) is 6.66. The quantitative estimate of drug-likeness (QED) is 0.607. The number of benzene rings is 1. The van der Waals surface area contributed by atoms with Gasteiger partial charge in [-0.05, 0) is 40.1 Å². The van der Waals surface area contributed by atoms with Crippen molar-refractivity contribution in [1.82, 2.24) is 4.90 Å². The second kappa shape index (κ2) is 5.39. The van der Waals surface area contributed by atoms with Crippen LogP contribution in [0.2, 0.25) is 0 Å². The zero-order valence-corrected chi connectivity index (χ0v) is 11.1. The van der Waals surface area contributed by atoms with Gasteiger partial charge in [0.05, 0.1) is 3.70 Å². The summed E-state index contributed by atoms with van der Waals surface area (Å²) >= 11 is 2.40. The van der Waals surface area contributed by atoms with Crippen molar-refractivity contribution in [2.75, 3.05) is 14.1 Å². The molecule has 0 radical (unpaired) electrons. The van der Waals surface area contributed by atoms with Crippen LogP contribution in [0.25, 0.3) is 5.57 Å². The first-order valence-corrected chi connectivity index (χ1v) is 5.86. The molecule has 0 amide bonds. The third kappa shape index (κ3) is 2.74. The highest BCUT2D eigenvalue weighted by Gasteiger charge is 2.05. The highest BCUT2D eigenvalue weighted by Crippen LogP contribution is 2.26. The van der Waals surface area contributed by atoms with Crippen LogP contribution in [-0.4, -0.2) is 19.0 Å². The first-order valence-electron chi connectivity index (χ1n) is 4.78. The topological polar surface area (TPSA) is 3.24 Å². The summed E-state index contributed by atoms with van der Waals surface area (Å²) in [6.07, 6.45) is 1.07. The van der Waals surface area contributed by atoms with Crippen molar-refractivity contribution in [3.63, 3.8) is 0 Å². The molecule has 0 saturated heterocycles. The van der Waals surface area contributed by atoms with E-state index in [2.05, 4.69) is 78.8 Å². The van der Waals surface area contributed by atoms with E-state index in [0.717, 1.165) is 6.42 Å². The number of hydrogen-bond acceptors (Lipinski definition) is 1. The normalized spacial score (nSPS) is 12.3. The maximum atomic E-state index is 2.40. The maximum absolute atomic E-state index is 2.40. The third-order valence-electron chi connectivity index (χ3n) is 2.12. The van der Waals surface area contributed by atoms with Crippen LogP contribution < -0.4 is 0 Å². The summed E-state index contributed by atoms with van der Waals surface area (Å²) in [6.45, 7) is 2.20. The molecule has 1 rings (SSSR count). The lowest BCUT2D eigenvalue weighted by atomic mass is 10.1. The Balaban J connectivity index is 3.11. The van der Waals surface area contributed by atoms with E-state index in [4.69, 9.17) is 0 Å². The maximum Gasteiger partial charge on any atom is 0.0791 e. The van der Waals surface area contributed by atoms with E-state index < -0.39 is 0 Å². The number of nitrogens with zero attached hydrogens (tertiary/aromatic N) is 1. The molecule has 76 valence electrons. The zero-order valence-electron chi connectivity index (χ0n) is 8.92. The van der Waals surface area contributed by atoms with Crippen molar-refractivity contribution in [3.8, 4) is 0 Å². The van der Waals surface area contributed by atoms with Crippen LogP contribution in [0.15, 0.2) is 34.0 Å². The van der Waals surface area contributed by atoms with Crippen LogP contribution in [0.4, 0.5) is 0 Å². The minimum atomic E-state index is 1.07. The van der Waals surface area contributed by atoms with Crippen molar-refractivity contribution < 1.29 is 0 Å². The number of hydrogen-bond donors (Lipinski definition) is 0. The van der Waals surface area contributed by atoms with Gasteiger partial charge >= 0.3 is 0 Å². The zero-order chi connectivity index (χ0) is 10.6. The van der Waals surface area contributed by atoms with Crippen LogP contribution >= 0.6 is 22.6 Å². The molecule has 0 fully saturated rings. The summed E-state index contributed by atoms with van der Waals surface area (Å²) in [5.41, 5.74) is 2.74. The molecule has 0 N–H and O–H groups in total. The smallest absolute Gasteiger partial charge is 0.0791 e. The highest BCUT2D eigenvalue weighted by atomic mass is 127. The molecule has 1 aromatic carbocycles. The second-order valence-electron chi connectivity index (χ2n) is 3.38.